The number of hydrogen-bond acceptors (Lipinski definition) is 12. The highest BCUT2D eigenvalue weighted by atomic mass is 31.2. The summed E-state index contributed by atoms with van der Waals surface area (Å²) in [5.74, 6) is -1.16. The summed E-state index contributed by atoms with van der Waals surface area (Å²) in [6.07, 6.45) is 40.2. The van der Waals surface area contributed by atoms with Crippen LogP contribution in [0.3, 0.4) is 0 Å². The van der Waals surface area contributed by atoms with Crippen molar-refractivity contribution < 1.29 is 63.1 Å². The number of unbranched alkanes of at least 4 members (excludes halogenated alkanes) is 10. The van der Waals surface area contributed by atoms with Gasteiger partial charge >= 0.3 is 19.8 Å². The fourth-order valence-electron chi connectivity index (χ4n) is 6.62. The lowest BCUT2D eigenvalue weighted by molar-refractivity contribution is -0.220. The number of rotatable bonds is 38. The lowest BCUT2D eigenvalue weighted by Crippen LogP contribution is -2.64. The standard InChI is InChI=1S/C51H83O13P/c1-3-5-7-9-11-13-15-17-19-21-22-24-26-28-30-32-34-36-38-40-45(53)63-43(42-62-65(59,60)64-51-49(57)47(55)46(54)48(56)50(51)58)41-61-44(52)39-37-35-33-31-29-27-25-23-20-18-16-14-12-10-8-6-4-2/h5-8,11-14,17-20,22,24,28,30,43,46-51,54-58H,3-4,9-10,15-16,21,23,25-27,29,31-42H2,1-2H3,(H,59,60)/b7-5-,8-6-,13-11-,14-12-,19-17-,20-18-,24-22-,30-28-. The van der Waals surface area contributed by atoms with E-state index in [1.165, 1.54) is 0 Å². The Labute approximate surface area is 390 Å². The molecule has 14 heteroatoms. The fourth-order valence-corrected chi connectivity index (χ4v) is 7.59. The molecule has 1 aliphatic carbocycles. The van der Waals surface area contributed by atoms with Gasteiger partial charge in [-0.3, -0.25) is 18.6 Å². The second kappa shape index (κ2) is 39.9. The van der Waals surface area contributed by atoms with E-state index in [-0.39, 0.29) is 12.8 Å². The third-order valence-corrected chi connectivity index (χ3v) is 11.4. The van der Waals surface area contributed by atoms with Crippen LogP contribution >= 0.6 is 7.82 Å². The van der Waals surface area contributed by atoms with Crippen LogP contribution in [-0.2, 0) is 32.7 Å². The van der Waals surface area contributed by atoms with Crippen molar-refractivity contribution in [3.8, 4) is 0 Å². The van der Waals surface area contributed by atoms with Gasteiger partial charge in [-0.05, 0) is 89.9 Å². The van der Waals surface area contributed by atoms with Crippen molar-refractivity contribution in [3.63, 3.8) is 0 Å². The number of ether oxygens (including phenoxy) is 2. The first-order valence-electron chi connectivity index (χ1n) is 24.0. The van der Waals surface area contributed by atoms with Gasteiger partial charge in [-0.2, -0.15) is 0 Å². The van der Waals surface area contributed by atoms with Gasteiger partial charge in [-0.25, -0.2) is 4.57 Å². The highest BCUT2D eigenvalue weighted by molar-refractivity contribution is 7.47. The van der Waals surface area contributed by atoms with Gasteiger partial charge in [-0.1, -0.05) is 150 Å². The van der Waals surface area contributed by atoms with Crippen LogP contribution < -0.4 is 0 Å². The zero-order valence-electron chi connectivity index (χ0n) is 39.2. The van der Waals surface area contributed by atoms with Gasteiger partial charge in [0.2, 0.25) is 0 Å². The first-order valence-corrected chi connectivity index (χ1v) is 25.5. The molecule has 13 nitrogen and oxygen atoms in total. The van der Waals surface area contributed by atoms with E-state index in [1.54, 1.807) is 0 Å². The van der Waals surface area contributed by atoms with Crippen LogP contribution in [0, 0.1) is 0 Å². The molecule has 6 N–H and O–H groups in total. The van der Waals surface area contributed by atoms with E-state index in [1.807, 2.05) is 0 Å². The van der Waals surface area contributed by atoms with Gasteiger partial charge < -0.3 is 39.9 Å². The van der Waals surface area contributed by atoms with Crippen LogP contribution in [0.5, 0.6) is 0 Å². The molecular weight excluding hydrogens is 852 g/mol. The van der Waals surface area contributed by atoms with Crippen molar-refractivity contribution in [2.24, 2.45) is 0 Å². The number of phosphoric ester groups is 1. The molecule has 6 atom stereocenters. The number of carbonyl (C=O) groups excluding carboxylic acids is 2. The predicted octanol–water partition coefficient (Wildman–Crippen LogP) is 9.83. The number of phosphoric acid groups is 1. The Morgan fingerprint density at radius 1 is 0.477 bits per heavy atom. The number of carbonyl (C=O) groups is 2. The van der Waals surface area contributed by atoms with E-state index >= 15 is 0 Å². The molecule has 0 radical (unpaired) electrons. The molecule has 65 heavy (non-hydrogen) atoms. The summed E-state index contributed by atoms with van der Waals surface area (Å²) < 4.78 is 33.5. The van der Waals surface area contributed by atoms with Gasteiger partial charge in [-0.15, -0.1) is 0 Å². The Morgan fingerprint density at radius 3 is 1.28 bits per heavy atom. The van der Waals surface area contributed by atoms with E-state index in [2.05, 4.69) is 111 Å². The molecule has 0 amide bonds. The van der Waals surface area contributed by atoms with Crippen molar-refractivity contribution in [2.75, 3.05) is 13.2 Å². The lowest BCUT2D eigenvalue weighted by Gasteiger charge is -2.41. The average Bonchev–Trinajstić information content (AvgIpc) is 3.29. The molecule has 1 rings (SSSR count). The minimum absolute atomic E-state index is 0.0493. The predicted molar refractivity (Wildman–Crippen MR) is 258 cm³/mol. The molecule has 6 unspecified atom stereocenters. The summed E-state index contributed by atoms with van der Waals surface area (Å²) in [6, 6.07) is 0. The highest BCUT2D eigenvalue weighted by Gasteiger charge is 2.51. The molecule has 1 aliphatic rings. The smallest absolute Gasteiger partial charge is 0.462 e. The number of allylic oxidation sites excluding steroid dienone is 16. The van der Waals surface area contributed by atoms with Crippen molar-refractivity contribution in [2.45, 2.75) is 198 Å². The highest BCUT2D eigenvalue weighted by Crippen LogP contribution is 2.47. The molecule has 0 saturated heterocycles. The summed E-state index contributed by atoms with van der Waals surface area (Å²) in [6.45, 7) is 3.03. The molecule has 0 aromatic rings. The van der Waals surface area contributed by atoms with Crippen molar-refractivity contribution in [3.05, 3.63) is 97.2 Å². The van der Waals surface area contributed by atoms with Gasteiger partial charge in [0.25, 0.3) is 0 Å². The molecular formula is C51H83O13P. The maximum absolute atomic E-state index is 12.8. The number of esters is 2. The summed E-state index contributed by atoms with van der Waals surface area (Å²) in [5, 5.41) is 50.2. The van der Waals surface area contributed by atoms with Crippen LogP contribution in [0.2, 0.25) is 0 Å². The summed E-state index contributed by atoms with van der Waals surface area (Å²) >= 11 is 0. The van der Waals surface area contributed by atoms with Gasteiger partial charge in [0.1, 0.15) is 43.2 Å². The largest absolute Gasteiger partial charge is 0.472 e. The van der Waals surface area contributed by atoms with E-state index < -0.39 is 75.7 Å². The van der Waals surface area contributed by atoms with Gasteiger partial charge in [0.15, 0.2) is 6.10 Å². The zero-order valence-corrected chi connectivity index (χ0v) is 40.1. The Kier molecular flexibility index (Phi) is 36.7. The summed E-state index contributed by atoms with van der Waals surface area (Å²) in [5.41, 5.74) is 0. The molecule has 0 aromatic carbocycles. The van der Waals surface area contributed by atoms with E-state index in [0.29, 0.717) is 12.8 Å². The summed E-state index contributed by atoms with van der Waals surface area (Å²) in [4.78, 5) is 35.8. The molecule has 0 heterocycles. The monoisotopic (exact) mass is 935 g/mol. The molecule has 0 spiro atoms. The molecule has 370 valence electrons. The maximum atomic E-state index is 12.8. The number of aliphatic hydroxyl groups is 5. The number of aliphatic hydroxyl groups excluding tert-OH is 5. The van der Waals surface area contributed by atoms with E-state index in [0.717, 1.165) is 116 Å². The minimum atomic E-state index is -5.14. The van der Waals surface area contributed by atoms with E-state index in [4.69, 9.17) is 18.5 Å². The fraction of sp³-hybridized carbons (Fsp3) is 0.647. The Balaban J connectivity index is 2.48. The first kappa shape index (κ1) is 59.8. The molecule has 0 aliphatic heterocycles. The third kappa shape index (κ3) is 32.2. The van der Waals surface area contributed by atoms with Crippen LogP contribution in [-0.4, -0.2) is 98.3 Å². The minimum Gasteiger partial charge on any atom is -0.462 e. The van der Waals surface area contributed by atoms with Crippen LogP contribution in [0.1, 0.15) is 155 Å². The molecule has 0 aromatic heterocycles. The van der Waals surface area contributed by atoms with Gasteiger partial charge in [0, 0.05) is 12.8 Å². The van der Waals surface area contributed by atoms with Crippen LogP contribution in [0.25, 0.3) is 0 Å². The zero-order chi connectivity index (χ0) is 47.8. The molecule has 1 saturated carbocycles. The average molecular weight is 935 g/mol. The SMILES string of the molecule is CC/C=C\C/C=C\C/C=C\C/C=C\C/C=C\CCCCCC(=O)OC(COC(=O)CCCCCCCCC/C=C\C/C=C\C/C=C\CC)COP(=O)(O)OC1C(O)C(O)C(O)C(O)C1O. The van der Waals surface area contributed by atoms with Crippen molar-refractivity contribution in [1.82, 2.24) is 0 Å². The van der Waals surface area contributed by atoms with E-state index in [9.17, 15) is 44.6 Å². The Hall–Kier alpha value is -3.23. The van der Waals surface area contributed by atoms with Gasteiger partial charge in [0.05, 0.1) is 6.61 Å². The van der Waals surface area contributed by atoms with Crippen LogP contribution in [0.4, 0.5) is 0 Å². The topological polar surface area (TPSA) is 210 Å². The molecule has 0 bridgehead atoms. The lowest BCUT2D eigenvalue weighted by atomic mass is 9.85. The van der Waals surface area contributed by atoms with Crippen LogP contribution in [0.15, 0.2) is 97.2 Å². The number of hydrogen-bond donors (Lipinski definition) is 6. The second-order valence-corrected chi connectivity index (χ2v) is 17.6. The van der Waals surface area contributed by atoms with Crippen molar-refractivity contribution >= 4 is 19.8 Å². The quantitative estimate of drug-likeness (QED) is 0.0148. The Bertz CT molecular complexity index is 1500. The third-order valence-electron chi connectivity index (χ3n) is 10.4. The van der Waals surface area contributed by atoms with Crippen molar-refractivity contribution in [1.29, 1.82) is 0 Å². The first-order chi connectivity index (χ1) is 31.4. The Morgan fingerprint density at radius 2 is 0.831 bits per heavy atom. The maximum Gasteiger partial charge on any atom is 0.472 e. The second-order valence-electron chi connectivity index (χ2n) is 16.2. The molecule has 1 fully saturated rings. The summed E-state index contributed by atoms with van der Waals surface area (Å²) in [7, 11) is -5.14. The normalized spacial score (nSPS) is 22.3.